The second-order valence-electron chi connectivity index (χ2n) is 19.8. The van der Waals surface area contributed by atoms with E-state index in [2.05, 4.69) is 37.8 Å². The van der Waals surface area contributed by atoms with Crippen LogP contribution in [0, 0.1) is 17.8 Å². The highest BCUT2D eigenvalue weighted by Crippen LogP contribution is 2.62. The maximum absolute atomic E-state index is 14.8. The number of unbranched alkanes of at least 4 members (excludes halogenated alkanes) is 11. The Morgan fingerprint density at radius 2 is 1.58 bits per heavy atom. The van der Waals surface area contributed by atoms with Gasteiger partial charge in [-0.15, -0.1) is 18.3 Å². The lowest BCUT2D eigenvalue weighted by molar-refractivity contribution is -0.256. The standard InChI is InChI=1S/C56H86N2O10S/c1-6-8-9-10-11-12-13-14-15-23-35-65-54(62)58(30-36-63-37-33-61)51-42-49(57-68-55(3,4)5)47-40-43(24-19-21-31-59)46(27-20-22-32-60)52-48-41-44(64-38-39-69-45-25-17-16-18-26-45)28-29-50(48)67-56(51,53(47)52)66-34-7-2/h7,16-18,25-26,28-29,40-41,43,46,51-53,59-61H,2,6,8-15,19-24,27,30-39,42H2,1,3-5H3. The van der Waals surface area contributed by atoms with Crippen molar-refractivity contribution in [3.05, 3.63) is 78.4 Å². The predicted molar refractivity (Wildman–Crippen MR) is 276 cm³/mol. The second kappa shape index (κ2) is 30.3. The number of hydrogen-bond acceptors (Lipinski definition) is 12. The molecular formula is C56H86N2O10S. The zero-order valence-corrected chi connectivity index (χ0v) is 43.3. The summed E-state index contributed by atoms with van der Waals surface area (Å²) in [5.74, 6) is 0.209. The van der Waals surface area contributed by atoms with E-state index >= 15 is 0 Å². The van der Waals surface area contributed by atoms with E-state index in [0.29, 0.717) is 30.9 Å². The van der Waals surface area contributed by atoms with E-state index in [9.17, 15) is 20.1 Å². The fourth-order valence-corrected chi connectivity index (χ4v) is 11.1. The molecule has 12 nitrogen and oxygen atoms in total. The topological polar surface area (TPSA) is 149 Å². The smallest absolute Gasteiger partial charge is 0.410 e. The first-order chi connectivity index (χ1) is 33.6. The highest BCUT2D eigenvalue weighted by atomic mass is 32.2. The van der Waals surface area contributed by atoms with E-state index < -0.39 is 29.4 Å². The third-order valence-electron chi connectivity index (χ3n) is 13.5. The summed E-state index contributed by atoms with van der Waals surface area (Å²) < 4.78 is 33.1. The maximum Gasteiger partial charge on any atom is 0.410 e. The van der Waals surface area contributed by atoms with Gasteiger partial charge in [-0.1, -0.05) is 113 Å². The van der Waals surface area contributed by atoms with Crippen molar-refractivity contribution < 1.29 is 48.6 Å². The molecule has 5 rings (SSSR count). The molecule has 1 saturated carbocycles. The number of carbonyl (C=O) groups excluding carboxylic acids is 1. The van der Waals surface area contributed by atoms with Gasteiger partial charge in [-0.3, -0.25) is 4.90 Å². The quantitative estimate of drug-likeness (QED) is 0.0266. The molecule has 0 spiro atoms. The highest BCUT2D eigenvalue weighted by Gasteiger charge is 2.65. The summed E-state index contributed by atoms with van der Waals surface area (Å²) in [5, 5.41) is 34.6. The Bertz CT molecular complexity index is 1860. The van der Waals surface area contributed by atoms with Crippen LogP contribution in [0.2, 0.25) is 0 Å². The van der Waals surface area contributed by atoms with Crippen molar-refractivity contribution in [2.24, 2.45) is 22.9 Å². The summed E-state index contributed by atoms with van der Waals surface area (Å²) >= 11 is 1.75. The third-order valence-corrected chi connectivity index (χ3v) is 14.5. The maximum atomic E-state index is 14.8. The number of fused-ring (bicyclic) bond motifs is 2. The fraction of sp³-hybridized carbons (Fsp3) is 0.679. The number of carbonyl (C=O) groups is 1. The van der Waals surface area contributed by atoms with Gasteiger partial charge in [-0.25, -0.2) is 4.79 Å². The van der Waals surface area contributed by atoms with E-state index in [1.54, 1.807) is 22.7 Å². The Morgan fingerprint density at radius 3 is 2.26 bits per heavy atom. The number of hydrogen-bond donors (Lipinski definition) is 3. The van der Waals surface area contributed by atoms with Gasteiger partial charge in [0.15, 0.2) is 0 Å². The molecule has 1 amide bonds. The number of benzene rings is 2. The summed E-state index contributed by atoms with van der Waals surface area (Å²) in [7, 11) is 0. The van der Waals surface area contributed by atoms with Crippen molar-refractivity contribution in [1.82, 2.24) is 4.90 Å². The number of allylic oxidation sites excluding steroid dienone is 1. The lowest BCUT2D eigenvalue weighted by atomic mass is 9.55. The van der Waals surface area contributed by atoms with Crippen LogP contribution < -0.4 is 9.47 Å². The van der Waals surface area contributed by atoms with Gasteiger partial charge in [0, 0.05) is 48.3 Å². The van der Waals surface area contributed by atoms with E-state index in [1.807, 2.05) is 51.1 Å². The Hall–Kier alpha value is -3.59. The van der Waals surface area contributed by atoms with Gasteiger partial charge in [0.25, 0.3) is 0 Å². The summed E-state index contributed by atoms with van der Waals surface area (Å²) in [6.07, 6.45) is 20.2. The second-order valence-corrected chi connectivity index (χ2v) is 21.0. The molecule has 2 aromatic carbocycles. The van der Waals surface area contributed by atoms with E-state index in [1.165, 1.54) is 49.8 Å². The van der Waals surface area contributed by atoms with Crippen molar-refractivity contribution in [2.45, 2.75) is 165 Å². The first-order valence-corrected chi connectivity index (χ1v) is 27.3. The predicted octanol–water partition coefficient (Wildman–Crippen LogP) is 11.7. The number of nitrogens with zero attached hydrogens (tertiary/aromatic N) is 2. The van der Waals surface area contributed by atoms with Gasteiger partial charge < -0.3 is 43.8 Å². The van der Waals surface area contributed by atoms with Gasteiger partial charge in [0.2, 0.25) is 5.79 Å². The lowest BCUT2D eigenvalue weighted by Crippen LogP contribution is -2.70. The van der Waals surface area contributed by atoms with Crippen LogP contribution in [0.3, 0.4) is 0 Å². The largest absolute Gasteiger partial charge is 0.493 e. The molecular weight excluding hydrogens is 893 g/mol. The Kier molecular flexibility index (Phi) is 24.8. The molecule has 0 bridgehead atoms. The van der Waals surface area contributed by atoms with Gasteiger partial charge >= 0.3 is 6.09 Å². The molecule has 0 saturated heterocycles. The summed E-state index contributed by atoms with van der Waals surface area (Å²) in [6, 6.07) is 15.6. The minimum absolute atomic E-state index is 0.0652. The van der Waals surface area contributed by atoms with Crippen molar-refractivity contribution in [3.63, 3.8) is 0 Å². The van der Waals surface area contributed by atoms with Gasteiger partial charge in [-0.05, 0) is 101 Å². The SMILES string of the molecule is C=CCOC12Oc3ccc(OCCSc4ccccc4)cc3C3C(CCCCO)C(CCCCO)C=C(C(=NOC(C)(C)C)CC1N(CCOCCO)C(=O)OCCCCCCCCCCCC)C32. The summed E-state index contributed by atoms with van der Waals surface area (Å²) in [6.45, 7) is 13.6. The van der Waals surface area contributed by atoms with Crippen LogP contribution in [-0.2, 0) is 19.0 Å². The van der Waals surface area contributed by atoms with Crippen molar-refractivity contribution >= 4 is 23.6 Å². The molecule has 3 aliphatic rings. The van der Waals surface area contributed by atoms with Crippen LogP contribution in [0.15, 0.2) is 82.9 Å². The first kappa shape index (κ1) is 56.3. The summed E-state index contributed by atoms with van der Waals surface area (Å²) in [5.41, 5.74) is 2.06. The van der Waals surface area contributed by atoms with Gasteiger partial charge in [-0.2, -0.15) is 0 Å². The third kappa shape index (κ3) is 17.0. The molecule has 69 heavy (non-hydrogen) atoms. The molecule has 3 N–H and O–H groups in total. The average Bonchev–Trinajstić information content (AvgIpc) is 3.34. The molecule has 1 fully saturated rings. The lowest BCUT2D eigenvalue weighted by Gasteiger charge is -2.60. The summed E-state index contributed by atoms with van der Waals surface area (Å²) in [4.78, 5) is 24.0. The Balaban J connectivity index is 1.58. The minimum atomic E-state index is -1.44. The molecule has 386 valence electrons. The molecule has 0 radical (unpaired) electrons. The number of oxime groups is 1. The Labute approximate surface area is 418 Å². The number of aliphatic hydroxyl groups is 3. The van der Waals surface area contributed by atoms with Crippen molar-refractivity contribution in [1.29, 1.82) is 0 Å². The van der Waals surface area contributed by atoms with Crippen molar-refractivity contribution in [2.75, 3.05) is 65.2 Å². The van der Waals surface area contributed by atoms with Crippen LogP contribution in [0.25, 0.3) is 0 Å². The first-order valence-electron chi connectivity index (χ1n) is 26.3. The molecule has 6 unspecified atom stereocenters. The van der Waals surface area contributed by atoms with Crippen LogP contribution in [-0.4, -0.2) is 115 Å². The molecule has 2 aromatic rings. The number of rotatable bonds is 34. The molecule has 13 heteroatoms. The van der Waals surface area contributed by atoms with Crippen LogP contribution in [0.1, 0.15) is 148 Å². The molecule has 0 aromatic heterocycles. The van der Waals surface area contributed by atoms with Crippen LogP contribution in [0.5, 0.6) is 11.5 Å². The van der Waals surface area contributed by atoms with E-state index in [0.717, 1.165) is 67.6 Å². The van der Waals surface area contributed by atoms with Crippen LogP contribution >= 0.6 is 11.8 Å². The minimum Gasteiger partial charge on any atom is -0.493 e. The zero-order valence-electron chi connectivity index (χ0n) is 42.5. The number of thioether (sulfide) groups is 1. The normalized spacial score (nSPS) is 22.3. The molecule has 6 atom stereocenters. The van der Waals surface area contributed by atoms with Crippen LogP contribution in [0.4, 0.5) is 4.79 Å². The molecule has 2 aliphatic carbocycles. The number of amides is 1. The highest BCUT2D eigenvalue weighted by molar-refractivity contribution is 7.99. The molecule has 1 heterocycles. The van der Waals surface area contributed by atoms with Gasteiger partial charge in [0.1, 0.15) is 23.1 Å². The van der Waals surface area contributed by atoms with E-state index in [-0.39, 0.29) is 77.0 Å². The fourth-order valence-electron chi connectivity index (χ4n) is 10.3. The average molecular weight is 979 g/mol. The van der Waals surface area contributed by atoms with Crippen molar-refractivity contribution in [3.8, 4) is 11.5 Å². The number of aliphatic hydroxyl groups excluding tert-OH is 3. The molecule has 1 aliphatic heterocycles. The zero-order chi connectivity index (χ0) is 49.3. The van der Waals surface area contributed by atoms with E-state index in [4.69, 9.17) is 33.7 Å². The Morgan fingerprint density at radius 1 is 0.870 bits per heavy atom. The van der Waals surface area contributed by atoms with Gasteiger partial charge in [0.05, 0.1) is 51.3 Å². The monoisotopic (exact) mass is 979 g/mol. The number of ether oxygens (including phenoxy) is 5.